The van der Waals surface area contributed by atoms with Crippen molar-refractivity contribution in [2.75, 3.05) is 12.3 Å². The minimum absolute atomic E-state index is 0.113. The molecule has 0 aliphatic rings. The molecule has 6 heteroatoms. The van der Waals surface area contributed by atoms with Crippen LogP contribution in [0.25, 0.3) is 11.4 Å². The average molecular weight is 300 g/mol. The normalized spacial score (nSPS) is 10.1. The third-order valence-electron chi connectivity index (χ3n) is 2.94. The number of benzene rings is 1. The van der Waals surface area contributed by atoms with Gasteiger partial charge in [-0.05, 0) is 12.5 Å². The Morgan fingerprint density at radius 1 is 1.43 bits per heavy atom. The summed E-state index contributed by atoms with van der Waals surface area (Å²) in [6.07, 6.45) is 5.09. The van der Waals surface area contributed by atoms with E-state index >= 15 is 0 Å². The molecule has 0 saturated carbocycles. The molecule has 21 heavy (non-hydrogen) atoms. The molecule has 1 aromatic carbocycles. The number of carbonyl (C=O) groups is 1. The first-order valence-corrected chi connectivity index (χ1v) is 7.40. The van der Waals surface area contributed by atoms with Crippen molar-refractivity contribution >= 4 is 17.7 Å². The van der Waals surface area contributed by atoms with Gasteiger partial charge in [0.2, 0.25) is 5.91 Å². The van der Waals surface area contributed by atoms with Crippen molar-refractivity contribution in [1.82, 2.24) is 20.1 Å². The SMILES string of the molecule is C#CCNC(=O)CSc1nnc(-c2ccccc2C)n1C. The first-order chi connectivity index (χ1) is 10.1. The number of hydrogen-bond acceptors (Lipinski definition) is 4. The van der Waals surface area contributed by atoms with Crippen LogP contribution >= 0.6 is 11.8 Å². The zero-order valence-electron chi connectivity index (χ0n) is 12.0. The number of nitrogens with one attached hydrogen (secondary N) is 1. The molecular weight excluding hydrogens is 284 g/mol. The van der Waals surface area contributed by atoms with Crippen molar-refractivity contribution in [3.63, 3.8) is 0 Å². The van der Waals surface area contributed by atoms with Crippen LogP contribution in [0.15, 0.2) is 29.4 Å². The van der Waals surface area contributed by atoms with Gasteiger partial charge in [0, 0.05) is 12.6 Å². The Hall–Kier alpha value is -2.26. The van der Waals surface area contributed by atoms with Gasteiger partial charge in [-0.25, -0.2) is 0 Å². The minimum Gasteiger partial charge on any atom is -0.344 e. The highest BCUT2D eigenvalue weighted by Crippen LogP contribution is 2.24. The van der Waals surface area contributed by atoms with E-state index in [1.807, 2.05) is 42.8 Å². The molecule has 0 bridgehead atoms. The Morgan fingerprint density at radius 2 is 2.19 bits per heavy atom. The van der Waals surface area contributed by atoms with Crippen molar-refractivity contribution in [1.29, 1.82) is 0 Å². The number of terminal acetylenes is 1. The largest absolute Gasteiger partial charge is 0.344 e. The molecule has 0 aliphatic carbocycles. The number of aryl methyl sites for hydroxylation is 1. The van der Waals surface area contributed by atoms with E-state index in [-0.39, 0.29) is 18.2 Å². The predicted octanol–water partition coefficient (Wildman–Crippen LogP) is 1.63. The molecule has 1 heterocycles. The van der Waals surface area contributed by atoms with E-state index < -0.39 is 0 Å². The summed E-state index contributed by atoms with van der Waals surface area (Å²) in [5.74, 6) is 3.31. The van der Waals surface area contributed by atoms with Crippen LogP contribution in [-0.4, -0.2) is 33.0 Å². The van der Waals surface area contributed by atoms with Gasteiger partial charge in [0.15, 0.2) is 11.0 Å². The molecule has 5 nitrogen and oxygen atoms in total. The first-order valence-electron chi connectivity index (χ1n) is 6.42. The van der Waals surface area contributed by atoms with Crippen molar-refractivity contribution in [3.8, 4) is 23.7 Å². The Bertz CT molecular complexity index is 687. The maximum atomic E-state index is 11.5. The van der Waals surface area contributed by atoms with Crippen molar-refractivity contribution in [2.24, 2.45) is 7.05 Å². The van der Waals surface area contributed by atoms with Gasteiger partial charge in [-0.3, -0.25) is 4.79 Å². The predicted molar refractivity (Wildman–Crippen MR) is 83.7 cm³/mol. The molecule has 0 atom stereocenters. The highest BCUT2D eigenvalue weighted by atomic mass is 32.2. The lowest BCUT2D eigenvalue weighted by Gasteiger charge is -2.06. The molecule has 0 aliphatic heterocycles. The Kier molecular flexibility index (Phi) is 5.01. The molecule has 2 rings (SSSR count). The van der Waals surface area contributed by atoms with Gasteiger partial charge in [0.25, 0.3) is 0 Å². The van der Waals surface area contributed by atoms with Crippen LogP contribution in [0.2, 0.25) is 0 Å². The fraction of sp³-hybridized carbons (Fsp3) is 0.267. The Labute approximate surface area is 128 Å². The van der Waals surface area contributed by atoms with E-state index in [9.17, 15) is 4.79 Å². The van der Waals surface area contributed by atoms with E-state index in [4.69, 9.17) is 6.42 Å². The highest BCUT2D eigenvalue weighted by Gasteiger charge is 2.13. The van der Waals surface area contributed by atoms with E-state index in [0.29, 0.717) is 5.16 Å². The fourth-order valence-electron chi connectivity index (χ4n) is 1.83. The van der Waals surface area contributed by atoms with Gasteiger partial charge >= 0.3 is 0 Å². The molecule has 0 fully saturated rings. The van der Waals surface area contributed by atoms with Crippen LogP contribution in [0.3, 0.4) is 0 Å². The van der Waals surface area contributed by atoms with Gasteiger partial charge in [-0.2, -0.15) is 0 Å². The van der Waals surface area contributed by atoms with Gasteiger partial charge in [-0.15, -0.1) is 16.6 Å². The zero-order chi connectivity index (χ0) is 15.2. The maximum absolute atomic E-state index is 11.5. The number of aromatic nitrogens is 3. The average Bonchev–Trinajstić information content (AvgIpc) is 2.84. The second-order valence-corrected chi connectivity index (χ2v) is 5.39. The lowest BCUT2D eigenvalue weighted by atomic mass is 10.1. The summed E-state index contributed by atoms with van der Waals surface area (Å²) in [7, 11) is 1.89. The number of carbonyl (C=O) groups excluding carboxylic acids is 1. The van der Waals surface area contributed by atoms with E-state index in [1.165, 1.54) is 11.8 Å². The van der Waals surface area contributed by atoms with Gasteiger partial charge in [-0.1, -0.05) is 41.9 Å². The van der Waals surface area contributed by atoms with Crippen molar-refractivity contribution in [3.05, 3.63) is 29.8 Å². The summed E-state index contributed by atoms with van der Waals surface area (Å²) in [6, 6.07) is 8.00. The highest BCUT2D eigenvalue weighted by molar-refractivity contribution is 7.99. The van der Waals surface area contributed by atoms with Crippen LogP contribution in [0.1, 0.15) is 5.56 Å². The molecule has 0 saturated heterocycles. The van der Waals surface area contributed by atoms with Crippen molar-refractivity contribution in [2.45, 2.75) is 12.1 Å². The first kappa shape index (κ1) is 15.1. The lowest BCUT2D eigenvalue weighted by molar-refractivity contribution is -0.118. The van der Waals surface area contributed by atoms with Crippen LogP contribution in [0, 0.1) is 19.3 Å². The van der Waals surface area contributed by atoms with Crippen molar-refractivity contribution < 1.29 is 4.79 Å². The molecule has 0 radical (unpaired) electrons. The second-order valence-electron chi connectivity index (χ2n) is 4.45. The summed E-state index contributed by atoms with van der Waals surface area (Å²) in [5, 5.41) is 11.7. The summed E-state index contributed by atoms with van der Waals surface area (Å²) in [6.45, 7) is 2.27. The molecule has 1 N–H and O–H groups in total. The topological polar surface area (TPSA) is 59.8 Å². The number of amides is 1. The molecule has 1 aromatic heterocycles. The van der Waals surface area contributed by atoms with Crippen LogP contribution < -0.4 is 5.32 Å². The third-order valence-corrected chi connectivity index (χ3v) is 3.96. The number of hydrogen-bond donors (Lipinski definition) is 1. The number of nitrogens with zero attached hydrogens (tertiary/aromatic N) is 3. The number of thioether (sulfide) groups is 1. The fourth-order valence-corrected chi connectivity index (χ4v) is 2.57. The third kappa shape index (κ3) is 3.64. The number of rotatable bonds is 5. The van der Waals surface area contributed by atoms with E-state index in [2.05, 4.69) is 21.4 Å². The lowest BCUT2D eigenvalue weighted by Crippen LogP contribution is -2.25. The molecular formula is C15H16N4OS. The van der Waals surface area contributed by atoms with Gasteiger partial charge in [0.05, 0.1) is 12.3 Å². The van der Waals surface area contributed by atoms with E-state index in [0.717, 1.165) is 17.0 Å². The summed E-state index contributed by atoms with van der Waals surface area (Å²) in [4.78, 5) is 11.5. The summed E-state index contributed by atoms with van der Waals surface area (Å²) < 4.78 is 1.89. The minimum atomic E-state index is -0.113. The molecule has 0 unspecified atom stereocenters. The maximum Gasteiger partial charge on any atom is 0.231 e. The molecule has 2 aromatic rings. The standard InChI is InChI=1S/C15H16N4OS/c1-4-9-16-13(20)10-21-15-18-17-14(19(15)3)12-8-6-5-7-11(12)2/h1,5-8H,9-10H2,2-3H3,(H,16,20). The molecule has 108 valence electrons. The van der Waals surface area contributed by atoms with Crippen LogP contribution in [0.5, 0.6) is 0 Å². The second kappa shape index (κ2) is 6.95. The summed E-state index contributed by atoms with van der Waals surface area (Å²) in [5.41, 5.74) is 2.17. The quantitative estimate of drug-likeness (QED) is 0.673. The van der Waals surface area contributed by atoms with Gasteiger partial charge in [0.1, 0.15) is 0 Å². The monoisotopic (exact) mass is 300 g/mol. The van der Waals surface area contributed by atoms with Gasteiger partial charge < -0.3 is 9.88 Å². The Balaban J connectivity index is 2.10. The molecule has 1 amide bonds. The van der Waals surface area contributed by atoms with Crippen LogP contribution in [0.4, 0.5) is 0 Å². The van der Waals surface area contributed by atoms with Crippen LogP contribution in [-0.2, 0) is 11.8 Å². The molecule has 0 spiro atoms. The Morgan fingerprint density at radius 3 is 2.90 bits per heavy atom. The zero-order valence-corrected chi connectivity index (χ0v) is 12.8. The smallest absolute Gasteiger partial charge is 0.231 e. The van der Waals surface area contributed by atoms with E-state index in [1.54, 1.807) is 0 Å². The summed E-state index contributed by atoms with van der Waals surface area (Å²) >= 11 is 1.34.